The van der Waals surface area contributed by atoms with Crippen LogP contribution in [0, 0.1) is 26.6 Å². The summed E-state index contributed by atoms with van der Waals surface area (Å²) in [5.41, 5.74) is 2.38. The highest BCUT2D eigenvalue weighted by Gasteiger charge is 2.30. The summed E-state index contributed by atoms with van der Waals surface area (Å²) in [6.45, 7) is 4.99. The van der Waals surface area contributed by atoms with Crippen LogP contribution in [0.15, 0.2) is 18.2 Å². The number of carbonyl (C=O) groups excluding carboxylic acids is 3. The number of ketones is 1. The lowest BCUT2D eigenvalue weighted by atomic mass is 9.93. The smallest absolute Gasteiger partial charge is 0.294 e. The van der Waals surface area contributed by atoms with Gasteiger partial charge in [0, 0.05) is 31.6 Å². The number of halogens is 1. The third kappa shape index (κ3) is 4.75. The number of nitrogens with zero attached hydrogens (tertiary/aromatic N) is 1. The quantitative estimate of drug-likeness (QED) is 0.527. The summed E-state index contributed by atoms with van der Waals surface area (Å²) in [6, 6.07) is 4.24. The Morgan fingerprint density at radius 1 is 1.09 bits per heavy atom. The van der Waals surface area contributed by atoms with Gasteiger partial charge in [-0.15, -0.1) is 0 Å². The van der Waals surface area contributed by atoms with E-state index in [9.17, 15) is 18.8 Å². The predicted molar refractivity (Wildman–Crippen MR) is 120 cm³/mol. The van der Waals surface area contributed by atoms with Crippen molar-refractivity contribution in [2.75, 3.05) is 12.4 Å². The number of carbonyl (C=O) groups is 3. The lowest BCUT2D eigenvalue weighted by Gasteiger charge is -2.28. The van der Waals surface area contributed by atoms with Gasteiger partial charge in [0.2, 0.25) is 0 Å². The minimum Gasteiger partial charge on any atom is -0.381 e. The molecule has 0 bridgehead atoms. The molecule has 8 heteroatoms. The Balaban J connectivity index is 1.77. The fraction of sp³-hybridized carbons (Fsp3) is 0.458. The summed E-state index contributed by atoms with van der Waals surface area (Å²) in [6.07, 6.45) is 3.39. The highest BCUT2D eigenvalue weighted by atomic mass is 19.1. The Morgan fingerprint density at radius 2 is 1.75 bits per heavy atom. The summed E-state index contributed by atoms with van der Waals surface area (Å²) in [5.74, 6) is -2.11. The van der Waals surface area contributed by atoms with Gasteiger partial charge >= 0.3 is 0 Å². The third-order valence-electron chi connectivity index (χ3n) is 6.34. The van der Waals surface area contributed by atoms with Crippen molar-refractivity contribution < 1.29 is 23.5 Å². The molecule has 1 aromatic heterocycles. The first-order chi connectivity index (χ1) is 15.1. The van der Waals surface area contributed by atoms with E-state index in [-0.39, 0.29) is 23.7 Å². The number of benzene rings is 1. The van der Waals surface area contributed by atoms with Crippen LogP contribution in [-0.4, -0.2) is 41.4 Å². The normalized spacial score (nSPS) is 18.3. The predicted octanol–water partition coefficient (Wildman–Crippen LogP) is 3.60. The summed E-state index contributed by atoms with van der Waals surface area (Å²) >= 11 is 0. The van der Waals surface area contributed by atoms with Crippen LogP contribution in [0.2, 0.25) is 0 Å². The molecule has 7 nitrogen and oxygen atoms in total. The molecule has 0 aliphatic heterocycles. The van der Waals surface area contributed by atoms with E-state index >= 15 is 0 Å². The molecular weight excluding hydrogens is 413 g/mol. The van der Waals surface area contributed by atoms with Crippen LogP contribution in [-0.2, 0) is 16.6 Å². The van der Waals surface area contributed by atoms with Crippen LogP contribution < -0.4 is 10.6 Å². The lowest BCUT2D eigenvalue weighted by molar-refractivity contribution is -0.118. The van der Waals surface area contributed by atoms with E-state index in [4.69, 9.17) is 4.74 Å². The van der Waals surface area contributed by atoms with Gasteiger partial charge in [-0.3, -0.25) is 14.4 Å². The molecule has 0 atom stereocenters. The van der Waals surface area contributed by atoms with Gasteiger partial charge in [-0.05, 0) is 75.8 Å². The molecule has 1 heterocycles. The Kier molecular flexibility index (Phi) is 7.13. The molecule has 2 amide bonds. The summed E-state index contributed by atoms with van der Waals surface area (Å²) in [4.78, 5) is 38.6. The number of Topliss-reactive ketones (excluding diaryl/α,β-unsaturated/α-hetero) is 1. The number of nitrogens with one attached hydrogen (secondary N) is 2. The van der Waals surface area contributed by atoms with Crippen LogP contribution in [0.25, 0.3) is 0 Å². The number of ether oxygens (including phenoxy) is 1. The van der Waals surface area contributed by atoms with Gasteiger partial charge in [-0.2, -0.15) is 0 Å². The molecule has 0 radical (unpaired) electrons. The zero-order valence-corrected chi connectivity index (χ0v) is 19.2. The zero-order chi connectivity index (χ0) is 23.6. The Hall–Kier alpha value is -3.00. The van der Waals surface area contributed by atoms with Gasteiger partial charge in [-0.1, -0.05) is 0 Å². The van der Waals surface area contributed by atoms with Gasteiger partial charge in [-0.25, -0.2) is 4.39 Å². The average molecular weight is 444 g/mol. The number of aryl methyl sites for hydroxylation is 1. The zero-order valence-electron chi connectivity index (χ0n) is 19.2. The number of hydrogen-bond acceptors (Lipinski definition) is 4. The highest BCUT2D eigenvalue weighted by Crippen LogP contribution is 2.25. The minimum atomic E-state index is -0.671. The van der Waals surface area contributed by atoms with Gasteiger partial charge in [0.05, 0.1) is 17.4 Å². The van der Waals surface area contributed by atoms with Crippen LogP contribution >= 0.6 is 0 Å². The standard InChI is InChI=1S/C24H30FN3O4/c1-13-12-17(8-11-19(13)25)27-23(30)20-14(2)21(28(4)15(20)3)22(29)24(31)26-16-6-9-18(32-5)10-7-16/h8,11-12,16,18H,6-7,9-10H2,1-5H3,(H,26,31)(H,27,30)/t16-,18-. The molecule has 0 saturated heterocycles. The molecule has 0 spiro atoms. The fourth-order valence-electron chi connectivity index (χ4n) is 4.35. The second-order valence-electron chi connectivity index (χ2n) is 8.42. The average Bonchev–Trinajstić information content (AvgIpc) is 2.99. The summed E-state index contributed by atoms with van der Waals surface area (Å²) in [7, 11) is 3.34. The van der Waals surface area contributed by atoms with Crippen molar-refractivity contribution in [2.24, 2.45) is 7.05 Å². The maximum absolute atomic E-state index is 13.5. The number of amides is 2. The minimum absolute atomic E-state index is 0.0657. The number of hydrogen-bond donors (Lipinski definition) is 2. The van der Waals surface area contributed by atoms with Gasteiger partial charge in [0.15, 0.2) is 0 Å². The van der Waals surface area contributed by atoms with Crippen LogP contribution in [0.1, 0.15) is 63.4 Å². The maximum Gasteiger partial charge on any atom is 0.294 e. The summed E-state index contributed by atoms with van der Waals surface area (Å²) < 4.78 is 20.4. The van der Waals surface area contributed by atoms with Crippen molar-refractivity contribution in [2.45, 2.75) is 58.6 Å². The first-order valence-corrected chi connectivity index (χ1v) is 10.7. The van der Waals surface area contributed by atoms with E-state index in [1.54, 1.807) is 45.6 Å². The van der Waals surface area contributed by atoms with Crippen molar-refractivity contribution in [1.29, 1.82) is 0 Å². The second kappa shape index (κ2) is 9.65. The molecule has 1 fully saturated rings. The Labute approximate surface area is 187 Å². The molecule has 1 aliphatic rings. The van der Waals surface area contributed by atoms with E-state index in [1.807, 2.05) is 0 Å². The third-order valence-corrected chi connectivity index (χ3v) is 6.34. The first-order valence-electron chi connectivity index (χ1n) is 10.7. The number of methoxy groups -OCH3 is 1. The van der Waals surface area contributed by atoms with Crippen LogP contribution in [0.4, 0.5) is 10.1 Å². The second-order valence-corrected chi connectivity index (χ2v) is 8.42. The van der Waals surface area contributed by atoms with E-state index in [0.717, 1.165) is 25.7 Å². The molecule has 32 heavy (non-hydrogen) atoms. The Morgan fingerprint density at radius 3 is 2.34 bits per heavy atom. The van der Waals surface area contributed by atoms with Crippen molar-refractivity contribution >= 4 is 23.3 Å². The van der Waals surface area contributed by atoms with Gasteiger partial charge in [0.1, 0.15) is 5.82 Å². The molecule has 1 aromatic carbocycles. The molecule has 2 aromatic rings. The highest BCUT2D eigenvalue weighted by molar-refractivity contribution is 6.43. The number of aromatic nitrogens is 1. The van der Waals surface area contributed by atoms with Crippen molar-refractivity contribution in [3.63, 3.8) is 0 Å². The van der Waals surface area contributed by atoms with Gasteiger partial charge < -0.3 is 19.9 Å². The monoisotopic (exact) mass is 443 g/mol. The SMILES string of the molecule is CO[C@H]1CC[C@H](NC(=O)C(=O)c2c(C)c(C(=O)Nc3ccc(F)c(C)c3)c(C)n2C)CC1. The number of anilines is 1. The van der Waals surface area contributed by atoms with Crippen LogP contribution in [0.3, 0.4) is 0 Å². The van der Waals surface area contributed by atoms with E-state index < -0.39 is 17.6 Å². The molecule has 0 unspecified atom stereocenters. The van der Waals surface area contributed by atoms with E-state index in [0.29, 0.717) is 28.1 Å². The van der Waals surface area contributed by atoms with Crippen molar-refractivity contribution in [3.05, 3.63) is 52.1 Å². The topological polar surface area (TPSA) is 89.4 Å². The molecule has 172 valence electrons. The summed E-state index contributed by atoms with van der Waals surface area (Å²) in [5, 5.41) is 5.58. The lowest BCUT2D eigenvalue weighted by Crippen LogP contribution is -2.42. The van der Waals surface area contributed by atoms with Gasteiger partial charge in [0.25, 0.3) is 17.6 Å². The maximum atomic E-state index is 13.5. The van der Waals surface area contributed by atoms with Crippen molar-refractivity contribution in [3.8, 4) is 0 Å². The number of rotatable bonds is 6. The molecular formula is C24H30FN3O4. The van der Waals surface area contributed by atoms with E-state index in [1.165, 1.54) is 12.1 Å². The first kappa shape index (κ1) is 23.7. The Bertz CT molecular complexity index is 1050. The molecule has 3 rings (SSSR count). The van der Waals surface area contributed by atoms with Crippen molar-refractivity contribution in [1.82, 2.24) is 9.88 Å². The molecule has 2 N–H and O–H groups in total. The molecule has 1 aliphatic carbocycles. The van der Waals surface area contributed by atoms with Crippen LogP contribution in [0.5, 0.6) is 0 Å². The molecule has 1 saturated carbocycles. The largest absolute Gasteiger partial charge is 0.381 e. The fourth-order valence-corrected chi connectivity index (χ4v) is 4.35. The van der Waals surface area contributed by atoms with E-state index in [2.05, 4.69) is 10.6 Å².